The number of nitrogen functional groups attached to an aromatic ring is 1. The summed E-state index contributed by atoms with van der Waals surface area (Å²) in [6.45, 7) is 0. The number of oxazole rings is 1. The summed E-state index contributed by atoms with van der Waals surface area (Å²) >= 11 is 0. The first kappa shape index (κ1) is 16.8. The number of aryl methyl sites for hydroxylation is 1. The number of aromatic nitrogens is 2. The van der Waals surface area contributed by atoms with E-state index in [1.807, 2.05) is 18.2 Å². The quantitative estimate of drug-likeness (QED) is 0.485. The van der Waals surface area contributed by atoms with E-state index in [0.717, 1.165) is 36.2 Å². The maximum Gasteiger partial charge on any atom is 0.181 e. The van der Waals surface area contributed by atoms with E-state index in [9.17, 15) is 0 Å². The molecule has 0 amide bonds. The highest BCUT2D eigenvalue weighted by Gasteiger charge is 2.22. The lowest BCUT2D eigenvalue weighted by atomic mass is 9.91. The Hall–Kier alpha value is -3.66. The lowest BCUT2D eigenvalue weighted by Gasteiger charge is -2.26. The van der Waals surface area contributed by atoms with Crippen LogP contribution >= 0.6 is 0 Å². The molecule has 7 heteroatoms. The van der Waals surface area contributed by atoms with Gasteiger partial charge in [0.1, 0.15) is 11.8 Å². The number of anilines is 2. The first-order valence-corrected chi connectivity index (χ1v) is 8.68. The van der Waals surface area contributed by atoms with Crippen molar-refractivity contribution in [2.45, 2.75) is 25.3 Å². The first-order valence-electron chi connectivity index (χ1n) is 8.68. The molecule has 4 rings (SSSR count). The molecule has 0 saturated heterocycles. The van der Waals surface area contributed by atoms with Gasteiger partial charge in [-0.2, -0.15) is 5.26 Å². The third-order valence-corrected chi connectivity index (χ3v) is 4.74. The first-order chi connectivity index (χ1) is 13.2. The van der Waals surface area contributed by atoms with Gasteiger partial charge < -0.3 is 15.5 Å². The van der Waals surface area contributed by atoms with Crippen LogP contribution < -0.4 is 11.1 Å². The number of pyridine rings is 1. The van der Waals surface area contributed by atoms with Gasteiger partial charge in [-0.1, -0.05) is 0 Å². The summed E-state index contributed by atoms with van der Waals surface area (Å²) in [7, 11) is 0. The minimum Gasteiger partial charge on any atom is -0.442 e. The second kappa shape index (κ2) is 6.92. The average molecular weight is 358 g/mol. The van der Waals surface area contributed by atoms with Gasteiger partial charge in [0.25, 0.3) is 0 Å². The fraction of sp³-hybridized carbons (Fsp3) is 0.200. The predicted octanol–water partition coefficient (Wildman–Crippen LogP) is 3.43. The van der Waals surface area contributed by atoms with Gasteiger partial charge in [-0.15, -0.1) is 0 Å². The van der Waals surface area contributed by atoms with Crippen LogP contribution in [0, 0.1) is 16.7 Å². The fourth-order valence-electron chi connectivity index (χ4n) is 3.41. The van der Waals surface area contributed by atoms with Crippen LogP contribution in [0.25, 0.3) is 0 Å². The van der Waals surface area contributed by atoms with Crippen LogP contribution in [0.3, 0.4) is 0 Å². The summed E-state index contributed by atoms with van der Waals surface area (Å²) in [5.74, 6) is 0.368. The standard InChI is InChI=1S/C20H18N6O/c21-8-12-6-13-2-1-3-17(20(13)25-9-12)26-14-4-5-16(22)15(7-14)19(23)18-10-24-11-27-18/h4-7,9-11,17,23,26H,1-3,22H2/t17-/m1/s1. The highest BCUT2D eigenvalue weighted by atomic mass is 16.3. The van der Waals surface area contributed by atoms with Crippen molar-refractivity contribution in [2.24, 2.45) is 0 Å². The van der Waals surface area contributed by atoms with Gasteiger partial charge in [0.15, 0.2) is 12.2 Å². The molecule has 1 atom stereocenters. The number of nitrogens with two attached hydrogens (primary N) is 1. The van der Waals surface area contributed by atoms with E-state index in [4.69, 9.17) is 20.8 Å². The molecule has 1 aliphatic rings. The molecule has 0 unspecified atom stereocenters. The lowest BCUT2D eigenvalue weighted by Crippen LogP contribution is -2.19. The molecular weight excluding hydrogens is 340 g/mol. The van der Waals surface area contributed by atoms with Crippen LogP contribution in [0.2, 0.25) is 0 Å². The van der Waals surface area contributed by atoms with Gasteiger partial charge >= 0.3 is 0 Å². The molecule has 0 aliphatic heterocycles. The van der Waals surface area contributed by atoms with E-state index < -0.39 is 0 Å². The Kier molecular flexibility index (Phi) is 4.30. The Labute approximate surface area is 156 Å². The van der Waals surface area contributed by atoms with Crippen molar-refractivity contribution in [3.63, 3.8) is 0 Å². The smallest absolute Gasteiger partial charge is 0.181 e. The Bertz CT molecular complexity index is 1040. The Morgan fingerprint density at radius 2 is 2.22 bits per heavy atom. The number of rotatable bonds is 4. The second-order valence-electron chi connectivity index (χ2n) is 6.51. The van der Waals surface area contributed by atoms with Gasteiger partial charge in [0.05, 0.1) is 23.5 Å². The van der Waals surface area contributed by atoms with Crippen LogP contribution in [0.4, 0.5) is 11.4 Å². The van der Waals surface area contributed by atoms with E-state index in [0.29, 0.717) is 22.6 Å². The van der Waals surface area contributed by atoms with Crippen molar-refractivity contribution in [3.8, 4) is 6.07 Å². The maximum absolute atomic E-state index is 9.08. The predicted molar refractivity (Wildman–Crippen MR) is 102 cm³/mol. The number of nitriles is 1. The van der Waals surface area contributed by atoms with Crippen molar-refractivity contribution in [2.75, 3.05) is 11.1 Å². The van der Waals surface area contributed by atoms with Crippen molar-refractivity contribution in [1.82, 2.24) is 9.97 Å². The average Bonchev–Trinajstić information content (AvgIpc) is 3.23. The van der Waals surface area contributed by atoms with E-state index in [1.54, 1.807) is 12.3 Å². The van der Waals surface area contributed by atoms with Gasteiger partial charge in [-0.3, -0.25) is 10.4 Å². The third-order valence-electron chi connectivity index (χ3n) is 4.74. The molecule has 4 N–H and O–H groups in total. The summed E-state index contributed by atoms with van der Waals surface area (Å²) < 4.78 is 5.21. The van der Waals surface area contributed by atoms with E-state index in [1.165, 1.54) is 12.6 Å². The molecule has 0 saturated carbocycles. The Morgan fingerprint density at radius 3 is 3.00 bits per heavy atom. The molecule has 0 radical (unpaired) electrons. The zero-order chi connectivity index (χ0) is 18.8. The molecule has 2 aromatic heterocycles. The summed E-state index contributed by atoms with van der Waals surface area (Å²) in [5, 5.41) is 20.9. The Morgan fingerprint density at radius 1 is 1.33 bits per heavy atom. The van der Waals surface area contributed by atoms with Crippen molar-refractivity contribution >= 4 is 17.1 Å². The number of hydrogen-bond acceptors (Lipinski definition) is 7. The normalized spacial score (nSPS) is 15.6. The topological polar surface area (TPSA) is 125 Å². The SMILES string of the molecule is N#Cc1cnc2c(c1)CCC[C@H]2Nc1ccc(N)c(C(=N)c2cnco2)c1. The minimum absolute atomic E-state index is 0.0532. The summed E-state index contributed by atoms with van der Waals surface area (Å²) in [6.07, 6.45) is 7.31. The second-order valence-corrected chi connectivity index (χ2v) is 6.51. The van der Waals surface area contributed by atoms with Crippen molar-refractivity contribution < 1.29 is 4.42 Å². The van der Waals surface area contributed by atoms with E-state index >= 15 is 0 Å². The molecule has 27 heavy (non-hydrogen) atoms. The largest absolute Gasteiger partial charge is 0.442 e. The third kappa shape index (κ3) is 3.25. The molecule has 0 fully saturated rings. The Balaban J connectivity index is 1.62. The van der Waals surface area contributed by atoms with Crippen LogP contribution in [0.1, 0.15) is 47.0 Å². The van der Waals surface area contributed by atoms with Gasteiger partial charge in [0.2, 0.25) is 0 Å². The molecule has 3 aromatic rings. The van der Waals surface area contributed by atoms with Crippen molar-refractivity contribution in [3.05, 3.63) is 71.2 Å². The molecule has 2 heterocycles. The summed E-state index contributed by atoms with van der Waals surface area (Å²) in [6, 6.07) is 9.64. The zero-order valence-corrected chi connectivity index (χ0v) is 14.6. The molecule has 1 aromatic carbocycles. The highest BCUT2D eigenvalue weighted by Crippen LogP contribution is 2.32. The molecule has 1 aliphatic carbocycles. The van der Waals surface area contributed by atoms with Gasteiger partial charge in [-0.25, -0.2) is 4.98 Å². The molecule has 0 spiro atoms. The summed E-state index contributed by atoms with van der Waals surface area (Å²) in [4.78, 5) is 8.37. The highest BCUT2D eigenvalue weighted by molar-refractivity contribution is 6.12. The van der Waals surface area contributed by atoms with Crippen LogP contribution in [0.5, 0.6) is 0 Å². The number of hydrogen-bond donors (Lipinski definition) is 3. The molecule has 0 bridgehead atoms. The van der Waals surface area contributed by atoms with E-state index in [-0.39, 0.29) is 11.8 Å². The zero-order valence-electron chi connectivity index (χ0n) is 14.6. The maximum atomic E-state index is 9.08. The monoisotopic (exact) mass is 358 g/mol. The number of nitrogens with zero attached hydrogens (tertiary/aromatic N) is 3. The number of nitrogens with one attached hydrogen (secondary N) is 2. The van der Waals surface area contributed by atoms with Crippen molar-refractivity contribution in [1.29, 1.82) is 10.7 Å². The minimum atomic E-state index is 0.0532. The molecule has 7 nitrogen and oxygen atoms in total. The van der Waals surface area contributed by atoms with Gasteiger partial charge in [0, 0.05) is 23.1 Å². The molecular formula is C20H18N6O. The van der Waals surface area contributed by atoms with Crippen LogP contribution in [-0.4, -0.2) is 15.7 Å². The van der Waals surface area contributed by atoms with E-state index in [2.05, 4.69) is 21.4 Å². The molecule has 134 valence electrons. The van der Waals surface area contributed by atoms with Gasteiger partial charge in [-0.05, 0) is 49.1 Å². The van der Waals surface area contributed by atoms with Crippen LogP contribution in [0.15, 0.2) is 47.5 Å². The number of fused-ring (bicyclic) bond motifs is 1. The number of benzene rings is 1. The summed E-state index contributed by atoms with van der Waals surface area (Å²) in [5.41, 5.74) is 10.9. The lowest BCUT2D eigenvalue weighted by molar-refractivity contribution is 0.548. The van der Waals surface area contributed by atoms with Crippen LogP contribution in [-0.2, 0) is 6.42 Å². The fourth-order valence-corrected chi connectivity index (χ4v) is 3.41.